The molecule has 5 heteroatoms. The smallest absolute Gasteiger partial charge is 0.0924 e. The summed E-state index contributed by atoms with van der Waals surface area (Å²) in [5, 5.41) is 0. The Morgan fingerprint density at radius 3 is 2.54 bits per heavy atom. The minimum Gasteiger partial charge on any atom is -0.343 e. The molecule has 0 unspecified atom stereocenters. The Bertz CT molecular complexity index is 320. The Labute approximate surface area is 88.4 Å². The maximum absolute atomic E-state index is 4.15. The van der Waals surface area contributed by atoms with Crippen molar-refractivity contribution in [2.45, 2.75) is 0 Å². The predicted octanol–water partition coefficient (Wildman–Crippen LogP) is 2.32. The third-order valence-corrected chi connectivity index (χ3v) is 1.44. The van der Waals surface area contributed by atoms with E-state index in [0.717, 1.165) is 11.4 Å². The van der Waals surface area contributed by atoms with Gasteiger partial charge in [-0.3, -0.25) is 4.98 Å². The maximum atomic E-state index is 4.15. The lowest BCUT2D eigenvalue weighted by Crippen LogP contribution is -1.79. The molecule has 0 atom stereocenters. The number of aromatic amines is 1. The van der Waals surface area contributed by atoms with Gasteiger partial charge in [-0.05, 0) is 12.1 Å². The first-order chi connectivity index (χ1) is 5.47. The van der Waals surface area contributed by atoms with Gasteiger partial charge in [0.05, 0.1) is 23.9 Å². The zero-order valence-electron chi connectivity index (χ0n) is 6.68. The molecule has 0 amide bonds. The summed E-state index contributed by atoms with van der Waals surface area (Å²) < 4.78 is 0. The Hall–Kier alpha value is -1.06. The summed E-state index contributed by atoms with van der Waals surface area (Å²) in [5.74, 6) is 0. The van der Waals surface area contributed by atoms with E-state index in [2.05, 4.69) is 15.0 Å². The van der Waals surface area contributed by atoms with Crippen molar-refractivity contribution in [3.63, 3.8) is 0 Å². The zero-order chi connectivity index (χ0) is 7.52. The molecule has 13 heavy (non-hydrogen) atoms. The SMILES string of the molecule is Cl.Cl.c1ccc(-c2cnc[nH]2)nc1. The van der Waals surface area contributed by atoms with Gasteiger partial charge in [0.2, 0.25) is 0 Å². The number of nitrogens with zero attached hydrogens (tertiary/aromatic N) is 2. The number of hydrogen-bond acceptors (Lipinski definition) is 2. The first-order valence-electron chi connectivity index (χ1n) is 3.36. The van der Waals surface area contributed by atoms with Crippen molar-refractivity contribution < 1.29 is 0 Å². The van der Waals surface area contributed by atoms with Crippen molar-refractivity contribution in [3.05, 3.63) is 36.9 Å². The lowest BCUT2D eigenvalue weighted by Gasteiger charge is -1.92. The van der Waals surface area contributed by atoms with Crippen LogP contribution in [0.3, 0.4) is 0 Å². The average Bonchev–Trinajstić information content (AvgIpc) is 2.58. The Balaban J connectivity index is 0.000000720. The molecule has 0 aliphatic heterocycles. The van der Waals surface area contributed by atoms with Gasteiger partial charge < -0.3 is 4.98 Å². The van der Waals surface area contributed by atoms with Crippen molar-refractivity contribution in [1.29, 1.82) is 0 Å². The quantitative estimate of drug-likeness (QED) is 0.797. The van der Waals surface area contributed by atoms with Crippen LogP contribution in [-0.2, 0) is 0 Å². The number of nitrogens with one attached hydrogen (secondary N) is 1. The number of H-pyrrole nitrogens is 1. The minimum atomic E-state index is 0. The van der Waals surface area contributed by atoms with Crippen molar-refractivity contribution in [2.75, 3.05) is 0 Å². The molecule has 70 valence electrons. The molecule has 2 heterocycles. The van der Waals surface area contributed by atoms with Gasteiger partial charge in [0, 0.05) is 6.20 Å². The van der Waals surface area contributed by atoms with E-state index >= 15 is 0 Å². The summed E-state index contributed by atoms with van der Waals surface area (Å²) >= 11 is 0. The Morgan fingerprint density at radius 2 is 2.00 bits per heavy atom. The molecule has 0 saturated heterocycles. The van der Waals surface area contributed by atoms with Crippen LogP contribution in [0.5, 0.6) is 0 Å². The van der Waals surface area contributed by atoms with Gasteiger partial charge in [-0.15, -0.1) is 24.8 Å². The van der Waals surface area contributed by atoms with Crippen LogP contribution in [0.15, 0.2) is 36.9 Å². The Morgan fingerprint density at radius 1 is 1.15 bits per heavy atom. The normalized spacial score (nSPS) is 8.31. The van der Waals surface area contributed by atoms with Gasteiger partial charge in [-0.25, -0.2) is 4.98 Å². The fourth-order valence-corrected chi connectivity index (χ4v) is 0.918. The lowest BCUT2D eigenvalue weighted by molar-refractivity contribution is 1.27. The largest absolute Gasteiger partial charge is 0.343 e. The second-order valence-corrected chi connectivity index (χ2v) is 2.18. The van der Waals surface area contributed by atoms with Crippen molar-refractivity contribution in [3.8, 4) is 11.4 Å². The first kappa shape index (κ1) is 11.9. The number of pyridine rings is 1. The first-order valence-corrected chi connectivity index (χ1v) is 3.36. The topological polar surface area (TPSA) is 41.6 Å². The van der Waals surface area contributed by atoms with E-state index in [1.54, 1.807) is 18.7 Å². The van der Waals surface area contributed by atoms with Crippen LogP contribution in [0, 0.1) is 0 Å². The van der Waals surface area contributed by atoms with Gasteiger partial charge in [0.25, 0.3) is 0 Å². The summed E-state index contributed by atoms with van der Waals surface area (Å²) in [5.41, 5.74) is 1.87. The fraction of sp³-hybridized carbons (Fsp3) is 0. The molecule has 0 spiro atoms. The number of hydrogen-bond donors (Lipinski definition) is 1. The highest BCUT2D eigenvalue weighted by atomic mass is 35.5. The third kappa shape index (κ3) is 2.72. The van der Waals surface area contributed by atoms with Crippen LogP contribution in [0.25, 0.3) is 11.4 Å². The fourth-order valence-electron chi connectivity index (χ4n) is 0.918. The third-order valence-electron chi connectivity index (χ3n) is 1.44. The summed E-state index contributed by atoms with van der Waals surface area (Å²) in [6.07, 6.45) is 5.16. The second-order valence-electron chi connectivity index (χ2n) is 2.18. The molecule has 1 N–H and O–H groups in total. The highest BCUT2D eigenvalue weighted by Crippen LogP contribution is 2.10. The molecule has 2 aromatic rings. The van der Waals surface area contributed by atoms with Crippen molar-refractivity contribution in [1.82, 2.24) is 15.0 Å². The number of halogens is 2. The van der Waals surface area contributed by atoms with Crippen LogP contribution in [-0.4, -0.2) is 15.0 Å². The van der Waals surface area contributed by atoms with E-state index in [-0.39, 0.29) is 24.8 Å². The van der Waals surface area contributed by atoms with Crippen LogP contribution >= 0.6 is 24.8 Å². The number of imidazole rings is 1. The number of aromatic nitrogens is 3. The van der Waals surface area contributed by atoms with E-state index in [0.29, 0.717) is 0 Å². The predicted molar refractivity (Wildman–Crippen MR) is 56.3 cm³/mol. The van der Waals surface area contributed by atoms with E-state index in [4.69, 9.17) is 0 Å². The highest BCUT2D eigenvalue weighted by Gasteiger charge is 1.95. The molecule has 0 bridgehead atoms. The van der Waals surface area contributed by atoms with E-state index in [1.165, 1.54) is 0 Å². The second kappa shape index (κ2) is 5.56. The van der Waals surface area contributed by atoms with Crippen LogP contribution in [0.1, 0.15) is 0 Å². The molecule has 2 rings (SSSR count). The Kier molecular flexibility index (Phi) is 5.11. The van der Waals surface area contributed by atoms with Gasteiger partial charge in [0.15, 0.2) is 0 Å². The maximum Gasteiger partial charge on any atom is 0.0924 e. The molecule has 3 nitrogen and oxygen atoms in total. The zero-order valence-corrected chi connectivity index (χ0v) is 8.31. The molecule has 2 aromatic heterocycles. The van der Waals surface area contributed by atoms with Gasteiger partial charge in [-0.2, -0.15) is 0 Å². The van der Waals surface area contributed by atoms with Gasteiger partial charge >= 0.3 is 0 Å². The molecule has 0 radical (unpaired) electrons. The van der Waals surface area contributed by atoms with Crippen LogP contribution in [0.4, 0.5) is 0 Å². The molecular weight excluding hydrogens is 209 g/mol. The van der Waals surface area contributed by atoms with Gasteiger partial charge in [0.1, 0.15) is 0 Å². The summed E-state index contributed by atoms with van der Waals surface area (Å²) in [6.45, 7) is 0. The van der Waals surface area contributed by atoms with Gasteiger partial charge in [-0.1, -0.05) is 6.07 Å². The van der Waals surface area contributed by atoms with E-state index < -0.39 is 0 Å². The standard InChI is InChI=1S/C8H7N3.2ClH/c1-2-4-10-7(3-1)8-5-9-6-11-8;;/h1-6H,(H,9,11);2*1H. The summed E-state index contributed by atoms with van der Waals surface area (Å²) in [7, 11) is 0. The molecule has 0 fully saturated rings. The number of rotatable bonds is 1. The van der Waals surface area contributed by atoms with Crippen molar-refractivity contribution >= 4 is 24.8 Å². The van der Waals surface area contributed by atoms with Crippen LogP contribution < -0.4 is 0 Å². The molecule has 0 aliphatic carbocycles. The monoisotopic (exact) mass is 217 g/mol. The lowest BCUT2D eigenvalue weighted by atomic mass is 10.3. The van der Waals surface area contributed by atoms with Crippen molar-refractivity contribution in [2.24, 2.45) is 0 Å². The van der Waals surface area contributed by atoms with E-state index in [1.807, 2.05) is 18.2 Å². The summed E-state index contributed by atoms with van der Waals surface area (Å²) in [4.78, 5) is 11.0. The molecule has 0 aliphatic rings. The van der Waals surface area contributed by atoms with Crippen LogP contribution in [0.2, 0.25) is 0 Å². The minimum absolute atomic E-state index is 0. The van der Waals surface area contributed by atoms with E-state index in [9.17, 15) is 0 Å². The summed E-state index contributed by atoms with van der Waals surface area (Å²) in [6, 6.07) is 5.77. The highest BCUT2D eigenvalue weighted by molar-refractivity contribution is 5.85. The average molecular weight is 218 g/mol. The molecular formula is C8H9Cl2N3. The molecule has 0 saturated carbocycles. The molecule has 0 aromatic carbocycles.